The van der Waals surface area contributed by atoms with Gasteiger partial charge in [-0.1, -0.05) is 12.8 Å². The molecule has 1 aliphatic carbocycles. The van der Waals surface area contributed by atoms with Gasteiger partial charge in [0, 0.05) is 18.8 Å². The van der Waals surface area contributed by atoms with E-state index in [0.717, 1.165) is 10.8 Å². The number of nitrogens with zero attached hydrogens (tertiary/aromatic N) is 2. The number of thiocarbonyl (C=S) groups is 1. The lowest BCUT2D eigenvalue weighted by Gasteiger charge is -2.24. The molecule has 0 aliphatic heterocycles. The zero-order chi connectivity index (χ0) is 13.0. The van der Waals surface area contributed by atoms with Crippen LogP contribution in [0.5, 0.6) is 0 Å². The molecule has 0 heterocycles. The monoisotopic (exact) mass is 259 g/mol. The van der Waals surface area contributed by atoms with Gasteiger partial charge < -0.3 is 10.2 Å². The van der Waals surface area contributed by atoms with Crippen molar-refractivity contribution in [1.29, 1.82) is 5.26 Å². The van der Waals surface area contributed by atoms with E-state index in [2.05, 4.69) is 11.4 Å². The van der Waals surface area contributed by atoms with Crippen molar-refractivity contribution >= 4 is 23.0 Å². The Morgan fingerprint density at radius 3 is 2.50 bits per heavy atom. The van der Waals surface area contributed by atoms with E-state index in [-0.39, 0.29) is 0 Å². The topological polar surface area (TPSA) is 39.1 Å². The van der Waals surface area contributed by atoms with Gasteiger partial charge in [0.1, 0.15) is 0 Å². The summed E-state index contributed by atoms with van der Waals surface area (Å²) in [7, 11) is 1.95. The molecule has 0 saturated heterocycles. The molecule has 1 saturated carbocycles. The summed E-state index contributed by atoms with van der Waals surface area (Å²) in [6, 6.07) is 10.1. The average Bonchev–Trinajstić information content (AvgIpc) is 2.91. The van der Waals surface area contributed by atoms with Gasteiger partial charge in [-0.05, 0) is 49.3 Å². The van der Waals surface area contributed by atoms with Crippen LogP contribution in [0.3, 0.4) is 0 Å². The number of benzene rings is 1. The molecule has 0 radical (unpaired) electrons. The van der Waals surface area contributed by atoms with Gasteiger partial charge in [-0.15, -0.1) is 0 Å². The lowest BCUT2D eigenvalue weighted by atomic mass is 10.2. The van der Waals surface area contributed by atoms with E-state index < -0.39 is 0 Å². The Morgan fingerprint density at radius 2 is 1.94 bits per heavy atom. The second-order valence-corrected chi connectivity index (χ2v) is 5.04. The molecule has 0 amide bonds. The van der Waals surface area contributed by atoms with Crippen LogP contribution in [0.2, 0.25) is 0 Å². The highest BCUT2D eigenvalue weighted by atomic mass is 32.1. The molecular weight excluding hydrogens is 242 g/mol. The first-order valence-electron chi connectivity index (χ1n) is 6.25. The van der Waals surface area contributed by atoms with E-state index >= 15 is 0 Å². The van der Waals surface area contributed by atoms with E-state index in [9.17, 15) is 0 Å². The number of rotatable bonds is 2. The summed E-state index contributed by atoms with van der Waals surface area (Å²) < 4.78 is 0. The van der Waals surface area contributed by atoms with Crippen LogP contribution in [0.4, 0.5) is 5.69 Å². The molecule has 4 heteroatoms. The molecule has 1 aliphatic rings. The van der Waals surface area contributed by atoms with Crippen LogP contribution in [0, 0.1) is 11.3 Å². The quantitative estimate of drug-likeness (QED) is 0.829. The molecule has 0 spiro atoms. The maximum atomic E-state index is 8.76. The van der Waals surface area contributed by atoms with Crippen molar-refractivity contribution in [2.75, 3.05) is 11.9 Å². The van der Waals surface area contributed by atoms with Gasteiger partial charge in [0.2, 0.25) is 0 Å². The zero-order valence-electron chi connectivity index (χ0n) is 10.5. The van der Waals surface area contributed by atoms with Gasteiger partial charge in [0.05, 0.1) is 11.6 Å². The standard InChI is InChI=1S/C14H17N3S/c1-17(13-8-6-11(10-15)7-9-13)14(18)16-12-4-2-3-5-12/h6-9,12H,2-5H2,1H3,(H,16,18). The van der Waals surface area contributed by atoms with Gasteiger partial charge >= 0.3 is 0 Å². The van der Waals surface area contributed by atoms with E-state index in [1.54, 1.807) is 0 Å². The Bertz CT molecular complexity index is 455. The average molecular weight is 259 g/mol. The van der Waals surface area contributed by atoms with Gasteiger partial charge in [0.15, 0.2) is 5.11 Å². The van der Waals surface area contributed by atoms with Crippen LogP contribution in [-0.4, -0.2) is 18.2 Å². The van der Waals surface area contributed by atoms with Crippen molar-refractivity contribution in [2.24, 2.45) is 0 Å². The number of hydrogen-bond donors (Lipinski definition) is 1. The van der Waals surface area contributed by atoms with E-state index in [4.69, 9.17) is 17.5 Å². The van der Waals surface area contributed by atoms with E-state index in [1.807, 2.05) is 36.2 Å². The number of nitrogens with one attached hydrogen (secondary N) is 1. The summed E-state index contributed by atoms with van der Waals surface area (Å²) >= 11 is 5.41. The molecule has 0 unspecified atom stereocenters. The summed E-state index contributed by atoms with van der Waals surface area (Å²) in [6.07, 6.45) is 5.00. The van der Waals surface area contributed by atoms with Crippen molar-refractivity contribution < 1.29 is 0 Å². The van der Waals surface area contributed by atoms with Crippen molar-refractivity contribution in [2.45, 2.75) is 31.7 Å². The predicted molar refractivity (Wildman–Crippen MR) is 77.5 cm³/mol. The highest BCUT2D eigenvalue weighted by Gasteiger charge is 2.17. The van der Waals surface area contributed by atoms with Crippen molar-refractivity contribution in [3.63, 3.8) is 0 Å². The Labute approximate surface area is 113 Å². The van der Waals surface area contributed by atoms with Crippen molar-refractivity contribution in [1.82, 2.24) is 5.32 Å². The van der Waals surface area contributed by atoms with Crippen LogP contribution in [0.15, 0.2) is 24.3 Å². The third kappa shape index (κ3) is 2.99. The Morgan fingerprint density at radius 1 is 1.33 bits per heavy atom. The fraction of sp³-hybridized carbons (Fsp3) is 0.429. The van der Waals surface area contributed by atoms with Crippen molar-refractivity contribution in [3.05, 3.63) is 29.8 Å². The van der Waals surface area contributed by atoms with Crippen LogP contribution >= 0.6 is 12.2 Å². The smallest absolute Gasteiger partial charge is 0.173 e. The molecule has 0 aromatic heterocycles. The maximum absolute atomic E-state index is 8.76. The third-order valence-electron chi connectivity index (χ3n) is 3.37. The van der Waals surface area contributed by atoms with Crippen molar-refractivity contribution in [3.8, 4) is 6.07 Å². The Kier molecular flexibility index (Phi) is 4.16. The third-order valence-corrected chi connectivity index (χ3v) is 3.76. The second kappa shape index (κ2) is 5.83. The number of nitriles is 1. The molecule has 3 nitrogen and oxygen atoms in total. The fourth-order valence-electron chi connectivity index (χ4n) is 2.22. The van der Waals surface area contributed by atoms with Crippen LogP contribution in [-0.2, 0) is 0 Å². The minimum Gasteiger partial charge on any atom is -0.360 e. The first kappa shape index (κ1) is 12.8. The molecule has 1 fully saturated rings. The van der Waals surface area contributed by atoms with Gasteiger partial charge in [-0.25, -0.2) is 0 Å². The minimum atomic E-state index is 0.526. The van der Waals surface area contributed by atoms with Gasteiger partial charge in [-0.2, -0.15) is 5.26 Å². The maximum Gasteiger partial charge on any atom is 0.173 e. The minimum absolute atomic E-state index is 0.526. The first-order valence-corrected chi connectivity index (χ1v) is 6.66. The predicted octanol–water partition coefficient (Wildman–Crippen LogP) is 2.81. The highest BCUT2D eigenvalue weighted by Crippen LogP contribution is 2.19. The van der Waals surface area contributed by atoms with Crippen LogP contribution in [0.1, 0.15) is 31.2 Å². The van der Waals surface area contributed by atoms with Gasteiger partial charge in [-0.3, -0.25) is 0 Å². The molecular formula is C14H17N3S. The first-order chi connectivity index (χ1) is 8.70. The zero-order valence-corrected chi connectivity index (χ0v) is 11.3. The fourth-order valence-corrected chi connectivity index (χ4v) is 2.49. The van der Waals surface area contributed by atoms with E-state index in [1.165, 1.54) is 25.7 Å². The molecule has 0 bridgehead atoms. The van der Waals surface area contributed by atoms with Crippen LogP contribution < -0.4 is 10.2 Å². The number of anilines is 1. The molecule has 1 aromatic carbocycles. The van der Waals surface area contributed by atoms with Crippen LogP contribution in [0.25, 0.3) is 0 Å². The van der Waals surface area contributed by atoms with Gasteiger partial charge in [0.25, 0.3) is 0 Å². The summed E-state index contributed by atoms with van der Waals surface area (Å²) in [5.74, 6) is 0. The molecule has 1 N–H and O–H groups in total. The molecule has 0 atom stereocenters. The normalized spacial score (nSPS) is 15.1. The largest absolute Gasteiger partial charge is 0.360 e. The summed E-state index contributed by atoms with van der Waals surface area (Å²) in [4.78, 5) is 1.95. The molecule has 1 aromatic rings. The summed E-state index contributed by atoms with van der Waals surface area (Å²) in [5.41, 5.74) is 1.67. The summed E-state index contributed by atoms with van der Waals surface area (Å²) in [5, 5.41) is 12.9. The molecule has 18 heavy (non-hydrogen) atoms. The Hall–Kier alpha value is -1.60. The number of hydrogen-bond acceptors (Lipinski definition) is 2. The molecule has 94 valence electrons. The second-order valence-electron chi connectivity index (χ2n) is 4.65. The SMILES string of the molecule is CN(C(=S)NC1CCCC1)c1ccc(C#N)cc1. The highest BCUT2D eigenvalue weighted by molar-refractivity contribution is 7.80. The lowest BCUT2D eigenvalue weighted by Crippen LogP contribution is -2.41. The van der Waals surface area contributed by atoms with E-state index in [0.29, 0.717) is 11.6 Å². The Balaban J connectivity index is 1.98. The lowest BCUT2D eigenvalue weighted by molar-refractivity contribution is 0.630. The summed E-state index contributed by atoms with van der Waals surface area (Å²) in [6.45, 7) is 0. The molecule has 2 rings (SSSR count).